The summed E-state index contributed by atoms with van der Waals surface area (Å²) in [5, 5.41) is 4.35. The number of methoxy groups -OCH3 is 1. The topological polar surface area (TPSA) is 34.1 Å². The molecule has 0 amide bonds. The molecule has 0 saturated heterocycles. The molecule has 3 rings (SSSR count). The van der Waals surface area contributed by atoms with Crippen LogP contribution in [0.2, 0.25) is 0 Å². The standard InChI is InChI=1S/C14H15IN2OS/c1-18-12-4-2-3-11-13(12)19-14(17-11)16-10-7-5-9(15)6-8-10/h5-8,12H,2-4H2,1H3,(H,16,17). The van der Waals surface area contributed by atoms with E-state index in [9.17, 15) is 0 Å². The first-order valence-electron chi connectivity index (χ1n) is 6.31. The molecule has 0 bridgehead atoms. The lowest BCUT2D eigenvalue weighted by Crippen LogP contribution is -2.08. The number of benzene rings is 1. The monoisotopic (exact) mass is 386 g/mol. The summed E-state index contributed by atoms with van der Waals surface area (Å²) >= 11 is 4.03. The van der Waals surface area contributed by atoms with Crippen LogP contribution in [0.4, 0.5) is 10.8 Å². The summed E-state index contributed by atoms with van der Waals surface area (Å²) in [6.45, 7) is 0. The summed E-state index contributed by atoms with van der Waals surface area (Å²) in [7, 11) is 1.78. The number of fused-ring (bicyclic) bond motifs is 1. The van der Waals surface area contributed by atoms with E-state index in [2.05, 4.69) is 52.2 Å². The molecular weight excluding hydrogens is 371 g/mol. The SMILES string of the molecule is COC1CCCc2nc(Nc3ccc(I)cc3)sc21. The van der Waals surface area contributed by atoms with Gasteiger partial charge in [-0.15, -0.1) is 0 Å². The number of ether oxygens (including phenoxy) is 1. The number of thiazole rings is 1. The number of nitrogens with one attached hydrogen (secondary N) is 1. The second-order valence-corrected chi connectivity index (χ2v) is 6.85. The van der Waals surface area contributed by atoms with E-state index in [4.69, 9.17) is 9.72 Å². The second-order valence-electron chi connectivity index (χ2n) is 4.58. The van der Waals surface area contributed by atoms with Gasteiger partial charge in [0.1, 0.15) is 0 Å². The molecule has 100 valence electrons. The van der Waals surface area contributed by atoms with Crippen molar-refractivity contribution in [2.24, 2.45) is 0 Å². The quantitative estimate of drug-likeness (QED) is 0.788. The minimum atomic E-state index is 0.230. The maximum absolute atomic E-state index is 5.54. The van der Waals surface area contributed by atoms with E-state index in [-0.39, 0.29) is 6.10 Å². The molecule has 1 atom stereocenters. The highest BCUT2D eigenvalue weighted by Gasteiger charge is 2.24. The lowest BCUT2D eigenvalue weighted by Gasteiger charge is -2.18. The van der Waals surface area contributed by atoms with E-state index in [1.54, 1.807) is 18.4 Å². The maximum Gasteiger partial charge on any atom is 0.187 e. The average Bonchev–Trinajstić information content (AvgIpc) is 2.83. The van der Waals surface area contributed by atoms with E-state index < -0.39 is 0 Å². The summed E-state index contributed by atoms with van der Waals surface area (Å²) in [6.07, 6.45) is 3.57. The third kappa shape index (κ3) is 2.93. The molecule has 0 radical (unpaired) electrons. The van der Waals surface area contributed by atoms with Gasteiger partial charge in [0.25, 0.3) is 0 Å². The normalized spacial score (nSPS) is 18.1. The smallest absolute Gasteiger partial charge is 0.187 e. The Labute approximate surface area is 130 Å². The van der Waals surface area contributed by atoms with Gasteiger partial charge in [0.2, 0.25) is 0 Å². The fourth-order valence-electron chi connectivity index (χ4n) is 2.32. The van der Waals surface area contributed by atoms with Crippen LogP contribution in [0.5, 0.6) is 0 Å². The predicted octanol–water partition coefficient (Wildman–Crippen LogP) is 4.52. The molecule has 1 heterocycles. The Morgan fingerprint density at radius 2 is 2.16 bits per heavy atom. The zero-order valence-electron chi connectivity index (χ0n) is 10.6. The van der Waals surface area contributed by atoms with E-state index in [1.807, 2.05) is 0 Å². The van der Waals surface area contributed by atoms with Gasteiger partial charge < -0.3 is 10.1 Å². The van der Waals surface area contributed by atoms with Crippen molar-refractivity contribution in [3.8, 4) is 0 Å². The summed E-state index contributed by atoms with van der Waals surface area (Å²) in [5.41, 5.74) is 2.29. The van der Waals surface area contributed by atoms with E-state index in [1.165, 1.54) is 14.1 Å². The Bertz CT molecular complexity index is 567. The number of rotatable bonds is 3. The first-order chi connectivity index (χ1) is 9.26. The highest BCUT2D eigenvalue weighted by Crippen LogP contribution is 2.38. The third-order valence-electron chi connectivity index (χ3n) is 3.28. The van der Waals surface area contributed by atoms with Crippen molar-refractivity contribution in [1.82, 2.24) is 4.98 Å². The molecule has 0 spiro atoms. The fourth-order valence-corrected chi connectivity index (χ4v) is 3.82. The molecule has 0 saturated carbocycles. The number of nitrogens with zero attached hydrogens (tertiary/aromatic N) is 1. The number of hydrogen-bond donors (Lipinski definition) is 1. The molecule has 1 aromatic heterocycles. The van der Waals surface area contributed by atoms with Crippen LogP contribution in [-0.4, -0.2) is 12.1 Å². The van der Waals surface area contributed by atoms with Gasteiger partial charge in [-0.25, -0.2) is 4.98 Å². The van der Waals surface area contributed by atoms with Crippen LogP contribution >= 0.6 is 33.9 Å². The minimum Gasteiger partial charge on any atom is -0.376 e. The maximum atomic E-state index is 5.54. The van der Waals surface area contributed by atoms with Gasteiger partial charge in [-0.1, -0.05) is 11.3 Å². The highest BCUT2D eigenvalue weighted by atomic mass is 127. The molecule has 1 aliphatic rings. The predicted molar refractivity (Wildman–Crippen MR) is 87.2 cm³/mol. The Morgan fingerprint density at radius 1 is 1.37 bits per heavy atom. The zero-order chi connectivity index (χ0) is 13.2. The van der Waals surface area contributed by atoms with Crippen LogP contribution in [0, 0.1) is 3.57 Å². The van der Waals surface area contributed by atoms with Crippen molar-refractivity contribution < 1.29 is 4.74 Å². The van der Waals surface area contributed by atoms with Gasteiger partial charge in [0.15, 0.2) is 5.13 Å². The molecule has 19 heavy (non-hydrogen) atoms. The van der Waals surface area contributed by atoms with Crippen LogP contribution < -0.4 is 5.32 Å². The molecular formula is C14H15IN2OS. The number of aromatic nitrogens is 1. The summed E-state index contributed by atoms with van der Waals surface area (Å²) in [5.74, 6) is 0. The number of hydrogen-bond acceptors (Lipinski definition) is 4. The first kappa shape index (κ1) is 13.3. The Kier molecular flexibility index (Phi) is 4.04. The van der Waals surface area contributed by atoms with E-state index in [0.717, 1.165) is 30.1 Å². The third-order valence-corrected chi connectivity index (χ3v) is 5.10. The van der Waals surface area contributed by atoms with Crippen molar-refractivity contribution >= 4 is 44.7 Å². The highest BCUT2D eigenvalue weighted by molar-refractivity contribution is 14.1. The molecule has 1 aliphatic carbocycles. The van der Waals surface area contributed by atoms with E-state index >= 15 is 0 Å². The second kappa shape index (κ2) is 5.76. The summed E-state index contributed by atoms with van der Waals surface area (Å²) < 4.78 is 6.78. The van der Waals surface area contributed by atoms with Gasteiger partial charge in [-0.05, 0) is 66.1 Å². The number of halogens is 1. The van der Waals surface area contributed by atoms with Crippen LogP contribution in [0.1, 0.15) is 29.5 Å². The Balaban J connectivity index is 1.82. The van der Waals surface area contributed by atoms with Crippen molar-refractivity contribution in [2.75, 3.05) is 12.4 Å². The van der Waals surface area contributed by atoms with Crippen LogP contribution in [0.3, 0.4) is 0 Å². The summed E-state index contributed by atoms with van der Waals surface area (Å²) in [4.78, 5) is 5.99. The van der Waals surface area contributed by atoms with Crippen LogP contribution in [-0.2, 0) is 11.2 Å². The van der Waals surface area contributed by atoms with Gasteiger partial charge in [-0.2, -0.15) is 0 Å². The van der Waals surface area contributed by atoms with Gasteiger partial charge >= 0.3 is 0 Å². The molecule has 3 nitrogen and oxygen atoms in total. The zero-order valence-corrected chi connectivity index (χ0v) is 13.6. The van der Waals surface area contributed by atoms with Crippen LogP contribution in [0.15, 0.2) is 24.3 Å². The Morgan fingerprint density at radius 3 is 2.89 bits per heavy atom. The molecule has 0 aliphatic heterocycles. The van der Waals surface area contributed by atoms with Crippen LogP contribution in [0.25, 0.3) is 0 Å². The first-order valence-corrected chi connectivity index (χ1v) is 8.21. The molecule has 0 fully saturated rings. The minimum absolute atomic E-state index is 0.230. The van der Waals surface area contributed by atoms with Gasteiger partial charge in [-0.3, -0.25) is 0 Å². The Hall–Kier alpha value is -0.660. The van der Waals surface area contributed by atoms with Crippen molar-refractivity contribution in [1.29, 1.82) is 0 Å². The number of anilines is 2. The van der Waals surface area contributed by atoms with E-state index in [0.29, 0.717) is 0 Å². The molecule has 2 aromatic rings. The largest absolute Gasteiger partial charge is 0.376 e. The fraction of sp³-hybridized carbons (Fsp3) is 0.357. The lowest BCUT2D eigenvalue weighted by molar-refractivity contribution is 0.0908. The van der Waals surface area contributed by atoms with Crippen molar-refractivity contribution in [3.63, 3.8) is 0 Å². The lowest BCUT2D eigenvalue weighted by atomic mass is 10.0. The van der Waals surface area contributed by atoms with Crippen molar-refractivity contribution in [3.05, 3.63) is 38.4 Å². The summed E-state index contributed by atoms with van der Waals surface area (Å²) in [6, 6.07) is 8.34. The number of aryl methyl sites for hydroxylation is 1. The average molecular weight is 386 g/mol. The van der Waals surface area contributed by atoms with Gasteiger partial charge in [0.05, 0.1) is 16.7 Å². The molecule has 1 N–H and O–H groups in total. The van der Waals surface area contributed by atoms with Gasteiger partial charge in [0, 0.05) is 16.4 Å². The molecule has 5 heteroatoms. The molecule has 1 unspecified atom stereocenters. The molecule has 1 aromatic carbocycles. The van der Waals surface area contributed by atoms with Crippen molar-refractivity contribution in [2.45, 2.75) is 25.4 Å².